The van der Waals surface area contributed by atoms with Crippen LogP contribution in [-0.4, -0.2) is 17.6 Å². The molecule has 0 aliphatic carbocycles. The van der Waals surface area contributed by atoms with Crippen molar-refractivity contribution in [3.05, 3.63) is 35.6 Å². The van der Waals surface area contributed by atoms with Crippen LogP contribution in [0.15, 0.2) is 24.3 Å². The van der Waals surface area contributed by atoms with E-state index < -0.39 is 5.92 Å². The van der Waals surface area contributed by atoms with Crippen LogP contribution in [0.2, 0.25) is 0 Å². The van der Waals surface area contributed by atoms with Gasteiger partial charge in [0.05, 0.1) is 12.5 Å². The summed E-state index contributed by atoms with van der Waals surface area (Å²) in [4.78, 5) is 11.7. The van der Waals surface area contributed by atoms with E-state index in [2.05, 4.69) is 5.32 Å². The Morgan fingerprint density at radius 3 is 2.41 bits per heavy atom. The van der Waals surface area contributed by atoms with Crippen molar-refractivity contribution < 1.29 is 14.3 Å². The highest BCUT2D eigenvalue weighted by Crippen LogP contribution is 2.10. The maximum Gasteiger partial charge on any atom is 0.225 e. The highest BCUT2D eigenvalue weighted by molar-refractivity contribution is 5.78. The molecule has 1 atom stereocenters. The van der Waals surface area contributed by atoms with Crippen LogP contribution < -0.4 is 5.32 Å². The molecule has 0 fully saturated rings. The van der Waals surface area contributed by atoms with Gasteiger partial charge in [-0.15, -0.1) is 0 Å². The maximum atomic E-state index is 12.7. The zero-order valence-electron chi connectivity index (χ0n) is 10.1. The largest absolute Gasteiger partial charge is 0.396 e. The van der Waals surface area contributed by atoms with Crippen molar-refractivity contribution in [2.24, 2.45) is 11.8 Å². The van der Waals surface area contributed by atoms with E-state index in [0.717, 1.165) is 5.56 Å². The Balaban J connectivity index is 2.50. The Bertz CT molecular complexity index is 362. The minimum atomic E-state index is -0.393. The number of benzene rings is 1. The molecule has 0 spiro atoms. The van der Waals surface area contributed by atoms with Crippen LogP contribution in [0.1, 0.15) is 19.4 Å². The van der Waals surface area contributed by atoms with Gasteiger partial charge in [0.25, 0.3) is 0 Å². The molecule has 94 valence electrons. The summed E-state index contributed by atoms with van der Waals surface area (Å²) < 4.78 is 12.7. The van der Waals surface area contributed by atoms with E-state index in [9.17, 15) is 9.18 Å². The normalized spacial score (nSPS) is 12.5. The second-order valence-corrected chi connectivity index (χ2v) is 4.38. The Kier molecular flexibility index (Phi) is 5.10. The molecule has 0 saturated carbocycles. The fraction of sp³-hybridized carbons (Fsp3) is 0.462. The SMILES string of the molecule is CC(C)C(CO)C(=O)NCc1ccc(F)cc1. The summed E-state index contributed by atoms with van der Waals surface area (Å²) in [6.45, 7) is 3.96. The molecule has 1 unspecified atom stereocenters. The lowest BCUT2D eigenvalue weighted by molar-refractivity contribution is -0.127. The van der Waals surface area contributed by atoms with Gasteiger partial charge in [0.15, 0.2) is 0 Å². The van der Waals surface area contributed by atoms with E-state index in [1.165, 1.54) is 12.1 Å². The summed E-state index contributed by atoms with van der Waals surface area (Å²) in [5.41, 5.74) is 0.834. The Morgan fingerprint density at radius 1 is 1.35 bits per heavy atom. The minimum absolute atomic E-state index is 0.0909. The number of carbonyl (C=O) groups excluding carboxylic acids is 1. The van der Waals surface area contributed by atoms with Gasteiger partial charge in [0.1, 0.15) is 5.82 Å². The number of hydrogen-bond donors (Lipinski definition) is 2. The molecule has 0 aliphatic heterocycles. The lowest BCUT2D eigenvalue weighted by Gasteiger charge is -2.17. The molecular formula is C13H18FNO2. The lowest BCUT2D eigenvalue weighted by atomic mass is 9.96. The molecule has 0 aromatic heterocycles. The quantitative estimate of drug-likeness (QED) is 0.821. The van der Waals surface area contributed by atoms with E-state index in [4.69, 9.17) is 5.11 Å². The third kappa shape index (κ3) is 4.15. The van der Waals surface area contributed by atoms with Gasteiger partial charge in [-0.3, -0.25) is 4.79 Å². The van der Waals surface area contributed by atoms with Crippen LogP contribution in [0, 0.1) is 17.7 Å². The van der Waals surface area contributed by atoms with E-state index >= 15 is 0 Å². The van der Waals surface area contributed by atoms with Gasteiger partial charge >= 0.3 is 0 Å². The van der Waals surface area contributed by atoms with Crippen LogP contribution in [0.5, 0.6) is 0 Å². The number of nitrogens with one attached hydrogen (secondary N) is 1. The molecule has 1 aromatic rings. The molecule has 1 amide bonds. The summed E-state index contributed by atoms with van der Waals surface area (Å²) in [6.07, 6.45) is 0. The van der Waals surface area contributed by atoms with Crippen molar-refractivity contribution in [3.8, 4) is 0 Å². The first-order valence-electron chi connectivity index (χ1n) is 5.67. The molecule has 1 aromatic carbocycles. The summed E-state index contributed by atoms with van der Waals surface area (Å²) in [5.74, 6) is -0.772. The van der Waals surface area contributed by atoms with E-state index in [-0.39, 0.29) is 24.2 Å². The van der Waals surface area contributed by atoms with Crippen molar-refractivity contribution in [3.63, 3.8) is 0 Å². The van der Waals surface area contributed by atoms with Crippen LogP contribution in [-0.2, 0) is 11.3 Å². The average Bonchev–Trinajstić information content (AvgIpc) is 2.28. The molecule has 3 nitrogen and oxygen atoms in total. The lowest BCUT2D eigenvalue weighted by Crippen LogP contribution is -2.35. The number of halogens is 1. The molecule has 0 heterocycles. The van der Waals surface area contributed by atoms with Gasteiger partial charge < -0.3 is 10.4 Å². The average molecular weight is 239 g/mol. The van der Waals surface area contributed by atoms with Crippen LogP contribution in [0.3, 0.4) is 0 Å². The number of aliphatic hydroxyl groups is 1. The van der Waals surface area contributed by atoms with Crippen LogP contribution in [0.25, 0.3) is 0 Å². The maximum absolute atomic E-state index is 12.7. The van der Waals surface area contributed by atoms with Crippen molar-refractivity contribution >= 4 is 5.91 Å². The molecule has 0 bridgehead atoms. The summed E-state index contributed by atoms with van der Waals surface area (Å²) >= 11 is 0. The zero-order chi connectivity index (χ0) is 12.8. The fourth-order valence-electron chi connectivity index (χ4n) is 1.52. The molecule has 4 heteroatoms. The molecule has 2 N–H and O–H groups in total. The van der Waals surface area contributed by atoms with Crippen molar-refractivity contribution in [1.82, 2.24) is 5.32 Å². The predicted molar refractivity (Wildman–Crippen MR) is 63.7 cm³/mol. The highest BCUT2D eigenvalue weighted by Gasteiger charge is 2.20. The standard InChI is InChI=1S/C13H18FNO2/c1-9(2)12(8-16)13(17)15-7-10-3-5-11(14)6-4-10/h3-6,9,12,16H,7-8H2,1-2H3,(H,15,17). The number of carbonyl (C=O) groups is 1. The Morgan fingerprint density at radius 2 is 1.94 bits per heavy atom. The Labute approximate surface area is 101 Å². The van der Waals surface area contributed by atoms with Gasteiger partial charge in [-0.25, -0.2) is 4.39 Å². The van der Waals surface area contributed by atoms with Crippen molar-refractivity contribution in [1.29, 1.82) is 0 Å². The summed E-state index contributed by atoms with van der Waals surface area (Å²) in [6, 6.07) is 5.96. The predicted octanol–water partition coefficient (Wildman–Crippen LogP) is 1.71. The van der Waals surface area contributed by atoms with E-state index in [0.29, 0.717) is 6.54 Å². The Hall–Kier alpha value is -1.42. The highest BCUT2D eigenvalue weighted by atomic mass is 19.1. The van der Waals surface area contributed by atoms with Crippen molar-refractivity contribution in [2.75, 3.05) is 6.61 Å². The number of rotatable bonds is 5. The summed E-state index contributed by atoms with van der Waals surface area (Å²) in [7, 11) is 0. The van der Waals surface area contributed by atoms with Crippen LogP contribution >= 0.6 is 0 Å². The van der Waals surface area contributed by atoms with E-state index in [1.807, 2.05) is 13.8 Å². The smallest absolute Gasteiger partial charge is 0.225 e. The molecule has 0 radical (unpaired) electrons. The third-order valence-electron chi connectivity index (χ3n) is 2.72. The molecular weight excluding hydrogens is 221 g/mol. The van der Waals surface area contributed by atoms with Gasteiger partial charge in [0.2, 0.25) is 5.91 Å². The first kappa shape index (κ1) is 13.6. The molecule has 0 aliphatic rings. The van der Waals surface area contributed by atoms with E-state index in [1.54, 1.807) is 12.1 Å². The van der Waals surface area contributed by atoms with Crippen molar-refractivity contribution in [2.45, 2.75) is 20.4 Å². The molecule has 0 saturated heterocycles. The fourth-order valence-corrected chi connectivity index (χ4v) is 1.52. The number of amides is 1. The minimum Gasteiger partial charge on any atom is -0.396 e. The second kappa shape index (κ2) is 6.35. The van der Waals surface area contributed by atoms with Gasteiger partial charge in [-0.05, 0) is 23.6 Å². The third-order valence-corrected chi connectivity index (χ3v) is 2.72. The topological polar surface area (TPSA) is 49.3 Å². The van der Waals surface area contributed by atoms with Gasteiger partial charge in [-0.2, -0.15) is 0 Å². The molecule has 17 heavy (non-hydrogen) atoms. The monoisotopic (exact) mass is 239 g/mol. The first-order valence-corrected chi connectivity index (χ1v) is 5.67. The molecule has 1 rings (SSSR count). The number of hydrogen-bond acceptors (Lipinski definition) is 2. The first-order chi connectivity index (χ1) is 8.04. The number of aliphatic hydroxyl groups excluding tert-OH is 1. The second-order valence-electron chi connectivity index (χ2n) is 4.38. The zero-order valence-corrected chi connectivity index (χ0v) is 10.1. The summed E-state index contributed by atoms with van der Waals surface area (Å²) in [5, 5.41) is 11.8. The van der Waals surface area contributed by atoms with Gasteiger partial charge in [-0.1, -0.05) is 26.0 Å². The van der Waals surface area contributed by atoms with Gasteiger partial charge in [0, 0.05) is 6.54 Å². The van der Waals surface area contributed by atoms with Crippen LogP contribution in [0.4, 0.5) is 4.39 Å².